The van der Waals surface area contributed by atoms with E-state index in [2.05, 4.69) is 19.8 Å². The monoisotopic (exact) mass is 328 g/mol. The minimum atomic E-state index is 0.115. The molecule has 1 aliphatic heterocycles. The maximum absolute atomic E-state index is 12.3. The van der Waals surface area contributed by atoms with Crippen LogP contribution in [0.15, 0.2) is 35.3 Å². The Labute approximate surface area is 141 Å². The first-order valence-corrected chi connectivity index (χ1v) is 8.83. The molecule has 1 saturated carbocycles. The number of imidazole rings is 1. The lowest BCUT2D eigenvalue weighted by molar-refractivity contribution is -0.126. The molecule has 0 radical (unpaired) electrons. The fourth-order valence-electron chi connectivity index (χ4n) is 3.45. The zero-order valence-electron chi connectivity index (χ0n) is 13.9. The van der Waals surface area contributed by atoms with Crippen molar-refractivity contribution in [1.82, 2.24) is 19.8 Å². The van der Waals surface area contributed by atoms with E-state index in [1.54, 1.807) is 6.26 Å². The van der Waals surface area contributed by atoms with Gasteiger partial charge in [0, 0.05) is 24.7 Å². The molecule has 1 N–H and O–H groups in total. The molecule has 1 amide bonds. The molecule has 6 nitrogen and oxygen atoms in total. The number of carbonyl (C=O) groups excluding carboxylic acids is 1. The summed E-state index contributed by atoms with van der Waals surface area (Å²) in [7, 11) is 0. The SMILES string of the molecule is O=C(NCc1ccco1)C1CCN(Cc2cncn2C2CC2)CC1. The topological polar surface area (TPSA) is 63.3 Å². The average molecular weight is 328 g/mol. The first-order chi connectivity index (χ1) is 11.8. The largest absolute Gasteiger partial charge is 0.467 e. The second kappa shape index (κ2) is 6.81. The second-order valence-electron chi connectivity index (χ2n) is 6.87. The summed E-state index contributed by atoms with van der Waals surface area (Å²) in [6, 6.07) is 4.39. The number of hydrogen-bond acceptors (Lipinski definition) is 4. The van der Waals surface area contributed by atoms with Crippen LogP contribution in [0.25, 0.3) is 0 Å². The van der Waals surface area contributed by atoms with E-state index >= 15 is 0 Å². The lowest BCUT2D eigenvalue weighted by atomic mass is 9.96. The van der Waals surface area contributed by atoms with Gasteiger partial charge in [0.15, 0.2) is 0 Å². The Balaban J connectivity index is 1.24. The van der Waals surface area contributed by atoms with Crippen molar-refractivity contribution in [3.8, 4) is 0 Å². The maximum atomic E-state index is 12.3. The fourth-order valence-corrected chi connectivity index (χ4v) is 3.45. The van der Waals surface area contributed by atoms with Crippen molar-refractivity contribution in [3.63, 3.8) is 0 Å². The van der Waals surface area contributed by atoms with Crippen molar-refractivity contribution in [3.05, 3.63) is 42.4 Å². The number of hydrogen-bond donors (Lipinski definition) is 1. The highest BCUT2D eigenvalue weighted by molar-refractivity contribution is 5.78. The van der Waals surface area contributed by atoms with Crippen LogP contribution in [-0.4, -0.2) is 33.4 Å². The van der Waals surface area contributed by atoms with Crippen LogP contribution in [-0.2, 0) is 17.9 Å². The molecule has 0 aromatic carbocycles. The predicted octanol–water partition coefficient (Wildman–Crippen LogP) is 2.34. The van der Waals surface area contributed by atoms with Gasteiger partial charge in [-0.2, -0.15) is 0 Å². The molecule has 0 atom stereocenters. The minimum absolute atomic E-state index is 0.115. The summed E-state index contributed by atoms with van der Waals surface area (Å²) in [6.07, 6.45) is 9.97. The molecule has 2 aliphatic rings. The van der Waals surface area contributed by atoms with Crippen LogP contribution in [0.3, 0.4) is 0 Å². The van der Waals surface area contributed by atoms with Crippen LogP contribution in [0, 0.1) is 5.92 Å². The standard InChI is InChI=1S/C18H24N4O2/c23-18(20-11-17-2-1-9-24-17)14-5-7-21(8-6-14)12-16-10-19-13-22(16)15-3-4-15/h1-2,9-10,13-15H,3-8,11-12H2,(H,20,23). The predicted molar refractivity (Wildman–Crippen MR) is 89.1 cm³/mol. The van der Waals surface area contributed by atoms with Crippen molar-refractivity contribution in [2.75, 3.05) is 13.1 Å². The van der Waals surface area contributed by atoms with Crippen LogP contribution < -0.4 is 5.32 Å². The molecular formula is C18H24N4O2. The number of rotatable bonds is 6. The lowest BCUT2D eigenvalue weighted by Crippen LogP contribution is -2.40. The van der Waals surface area contributed by atoms with E-state index in [1.165, 1.54) is 18.5 Å². The van der Waals surface area contributed by atoms with Gasteiger partial charge in [0.1, 0.15) is 5.76 Å². The van der Waals surface area contributed by atoms with Gasteiger partial charge in [-0.3, -0.25) is 9.69 Å². The number of piperidine rings is 1. The van der Waals surface area contributed by atoms with E-state index in [1.807, 2.05) is 24.7 Å². The molecule has 2 aromatic heterocycles. The Morgan fingerprint density at radius 2 is 2.12 bits per heavy atom. The third-order valence-corrected chi connectivity index (χ3v) is 5.05. The molecule has 4 rings (SSSR count). The van der Waals surface area contributed by atoms with Gasteiger partial charge in [-0.25, -0.2) is 4.98 Å². The highest BCUT2D eigenvalue weighted by Crippen LogP contribution is 2.36. The minimum Gasteiger partial charge on any atom is -0.467 e. The van der Waals surface area contributed by atoms with Crippen LogP contribution in [0.2, 0.25) is 0 Å². The number of furan rings is 1. The van der Waals surface area contributed by atoms with E-state index in [9.17, 15) is 4.79 Å². The number of likely N-dealkylation sites (tertiary alicyclic amines) is 1. The molecule has 0 bridgehead atoms. The van der Waals surface area contributed by atoms with Crippen molar-refractivity contribution >= 4 is 5.91 Å². The van der Waals surface area contributed by atoms with Gasteiger partial charge in [-0.05, 0) is 50.9 Å². The molecule has 2 aromatic rings. The summed E-state index contributed by atoms with van der Waals surface area (Å²) >= 11 is 0. The molecular weight excluding hydrogens is 304 g/mol. The summed E-state index contributed by atoms with van der Waals surface area (Å²) < 4.78 is 7.57. The van der Waals surface area contributed by atoms with Gasteiger partial charge in [0.2, 0.25) is 5.91 Å². The number of carbonyl (C=O) groups is 1. The average Bonchev–Trinajstić information content (AvgIpc) is 3.12. The summed E-state index contributed by atoms with van der Waals surface area (Å²) in [5.41, 5.74) is 1.30. The van der Waals surface area contributed by atoms with Gasteiger partial charge < -0.3 is 14.3 Å². The molecule has 6 heteroatoms. The maximum Gasteiger partial charge on any atom is 0.223 e. The molecule has 3 heterocycles. The Morgan fingerprint density at radius 3 is 2.83 bits per heavy atom. The number of nitrogens with zero attached hydrogens (tertiary/aromatic N) is 3. The highest BCUT2D eigenvalue weighted by atomic mass is 16.3. The smallest absolute Gasteiger partial charge is 0.223 e. The summed E-state index contributed by atoms with van der Waals surface area (Å²) in [5, 5.41) is 2.98. The fraction of sp³-hybridized carbons (Fsp3) is 0.556. The Morgan fingerprint density at radius 1 is 1.29 bits per heavy atom. The van der Waals surface area contributed by atoms with Crippen molar-refractivity contribution < 1.29 is 9.21 Å². The van der Waals surface area contributed by atoms with E-state index in [4.69, 9.17) is 4.42 Å². The summed E-state index contributed by atoms with van der Waals surface area (Å²) in [5.74, 6) is 1.06. The van der Waals surface area contributed by atoms with E-state index in [0.717, 1.165) is 38.2 Å². The second-order valence-corrected chi connectivity index (χ2v) is 6.87. The van der Waals surface area contributed by atoms with Crippen molar-refractivity contribution in [2.45, 2.75) is 44.8 Å². The first kappa shape index (κ1) is 15.4. The van der Waals surface area contributed by atoms with Gasteiger partial charge >= 0.3 is 0 Å². The third-order valence-electron chi connectivity index (χ3n) is 5.05. The molecule has 1 saturated heterocycles. The van der Waals surface area contributed by atoms with Crippen LogP contribution in [0.5, 0.6) is 0 Å². The molecule has 0 unspecified atom stereocenters. The summed E-state index contributed by atoms with van der Waals surface area (Å²) in [4.78, 5) is 19.0. The Hall–Kier alpha value is -2.08. The van der Waals surface area contributed by atoms with E-state index in [0.29, 0.717) is 12.6 Å². The normalized spacial score (nSPS) is 19.5. The molecule has 24 heavy (non-hydrogen) atoms. The number of aromatic nitrogens is 2. The van der Waals surface area contributed by atoms with Gasteiger partial charge in [-0.15, -0.1) is 0 Å². The number of amides is 1. The zero-order chi connectivity index (χ0) is 16.4. The zero-order valence-corrected chi connectivity index (χ0v) is 13.9. The third kappa shape index (κ3) is 3.53. The van der Waals surface area contributed by atoms with E-state index in [-0.39, 0.29) is 11.8 Å². The van der Waals surface area contributed by atoms with Crippen molar-refractivity contribution in [1.29, 1.82) is 0 Å². The Bertz CT molecular complexity index is 667. The lowest BCUT2D eigenvalue weighted by Gasteiger charge is -2.31. The quantitative estimate of drug-likeness (QED) is 0.884. The van der Waals surface area contributed by atoms with Gasteiger partial charge in [-0.1, -0.05) is 0 Å². The van der Waals surface area contributed by atoms with E-state index < -0.39 is 0 Å². The van der Waals surface area contributed by atoms with Gasteiger partial charge in [0.25, 0.3) is 0 Å². The van der Waals surface area contributed by atoms with Gasteiger partial charge in [0.05, 0.1) is 24.8 Å². The van der Waals surface area contributed by atoms with Crippen LogP contribution >= 0.6 is 0 Å². The van der Waals surface area contributed by atoms with Crippen molar-refractivity contribution in [2.24, 2.45) is 5.92 Å². The molecule has 2 fully saturated rings. The summed E-state index contributed by atoms with van der Waals surface area (Å²) in [6.45, 7) is 3.35. The Kier molecular flexibility index (Phi) is 4.38. The van der Waals surface area contributed by atoms with Crippen LogP contribution in [0.1, 0.15) is 43.2 Å². The molecule has 1 aliphatic carbocycles. The number of nitrogens with one attached hydrogen (secondary N) is 1. The van der Waals surface area contributed by atoms with Crippen LogP contribution in [0.4, 0.5) is 0 Å². The highest BCUT2D eigenvalue weighted by Gasteiger charge is 2.28. The molecule has 0 spiro atoms. The molecule has 128 valence electrons. The first-order valence-electron chi connectivity index (χ1n) is 8.83.